The van der Waals surface area contributed by atoms with Gasteiger partial charge in [-0.2, -0.15) is 0 Å². The second kappa shape index (κ2) is 5.37. The van der Waals surface area contributed by atoms with E-state index in [4.69, 9.17) is 4.74 Å². The molecule has 1 aromatic carbocycles. The van der Waals surface area contributed by atoms with Crippen molar-refractivity contribution in [2.24, 2.45) is 0 Å². The summed E-state index contributed by atoms with van der Waals surface area (Å²) in [5, 5.41) is 3.50. The van der Waals surface area contributed by atoms with Gasteiger partial charge in [0, 0.05) is 24.7 Å². The quantitative estimate of drug-likeness (QED) is 0.910. The van der Waals surface area contributed by atoms with E-state index in [1.807, 2.05) is 7.05 Å². The van der Waals surface area contributed by atoms with E-state index in [0.717, 1.165) is 30.8 Å². The summed E-state index contributed by atoms with van der Waals surface area (Å²) in [6, 6.07) is 5.07. The van der Waals surface area contributed by atoms with E-state index in [1.54, 1.807) is 19.2 Å². The minimum Gasteiger partial charge on any atom is -0.495 e. The number of ether oxygens (including phenoxy) is 1. The highest BCUT2D eigenvalue weighted by Crippen LogP contribution is 2.33. The van der Waals surface area contributed by atoms with Crippen LogP contribution in [0, 0.1) is 5.82 Å². The Morgan fingerprint density at radius 3 is 2.79 bits per heavy atom. The summed E-state index contributed by atoms with van der Waals surface area (Å²) >= 11 is 0. The molecule has 0 radical (unpaired) electrons. The second-order valence-electron chi connectivity index (χ2n) is 5.88. The number of benzene rings is 1. The number of piperidine rings is 1. The molecule has 1 aliphatic rings. The van der Waals surface area contributed by atoms with Gasteiger partial charge >= 0.3 is 0 Å². The summed E-state index contributed by atoms with van der Waals surface area (Å²) in [6.45, 7) is 5.39. The van der Waals surface area contributed by atoms with Crippen molar-refractivity contribution in [2.75, 3.05) is 25.6 Å². The van der Waals surface area contributed by atoms with Gasteiger partial charge in [0.05, 0.1) is 12.8 Å². The predicted molar refractivity (Wildman–Crippen MR) is 76.5 cm³/mol. The first-order valence-electron chi connectivity index (χ1n) is 6.74. The number of rotatable bonds is 3. The molecule has 0 spiro atoms. The summed E-state index contributed by atoms with van der Waals surface area (Å²) in [5.74, 6) is 0.496. The molecule has 106 valence electrons. The van der Waals surface area contributed by atoms with Gasteiger partial charge in [0.2, 0.25) is 0 Å². The van der Waals surface area contributed by atoms with Crippen LogP contribution in [0.5, 0.6) is 5.75 Å². The molecule has 0 saturated carbocycles. The van der Waals surface area contributed by atoms with Crippen molar-refractivity contribution in [2.45, 2.75) is 38.3 Å². The van der Waals surface area contributed by atoms with Crippen LogP contribution in [0.2, 0.25) is 0 Å². The van der Waals surface area contributed by atoms with Gasteiger partial charge in [-0.3, -0.25) is 0 Å². The SMILES string of the molecule is COc1ccc(F)cc1N(C)C1CCNC(C)(C)C1. The van der Waals surface area contributed by atoms with E-state index < -0.39 is 0 Å². The first-order valence-corrected chi connectivity index (χ1v) is 6.74. The molecule has 1 unspecified atom stereocenters. The van der Waals surface area contributed by atoms with Crippen LogP contribution in [-0.4, -0.2) is 32.3 Å². The lowest BCUT2D eigenvalue weighted by molar-refractivity contribution is 0.271. The lowest BCUT2D eigenvalue weighted by atomic mass is 9.88. The highest BCUT2D eigenvalue weighted by molar-refractivity contribution is 5.59. The van der Waals surface area contributed by atoms with E-state index in [2.05, 4.69) is 24.1 Å². The lowest BCUT2D eigenvalue weighted by Crippen LogP contribution is -2.52. The molecule has 0 aromatic heterocycles. The van der Waals surface area contributed by atoms with E-state index >= 15 is 0 Å². The van der Waals surface area contributed by atoms with Crippen LogP contribution < -0.4 is 15.0 Å². The topological polar surface area (TPSA) is 24.5 Å². The van der Waals surface area contributed by atoms with Crippen molar-refractivity contribution in [3.8, 4) is 5.75 Å². The summed E-state index contributed by atoms with van der Waals surface area (Å²) in [5.41, 5.74) is 0.947. The third-order valence-electron chi connectivity index (χ3n) is 3.90. The standard InChI is InChI=1S/C15H23FN2O/c1-15(2)10-12(7-8-17-15)18(3)13-9-11(16)5-6-14(13)19-4/h5-6,9,12,17H,7-8,10H2,1-4H3. The molecule has 19 heavy (non-hydrogen) atoms. The summed E-state index contributed by atoms with van der Waals surface area (Å²) in [7, 11) is 3.64. The summed E-state index contributed by atoms with van der Waals surface area (Å²) < 4.78 is 18.8. The number of halogens is 1. The first kappa shape index (κ1) is 14.1. The Morgan fingerprint density at radius 1 is 1.42 bits per heavy atom. The molecule has 4 heteroatoms. The van der Waals surface area contributed by atoms with Crippen LogP contribution >= 0.6 is 0 Å². The average Bonchev–Trinajstić information content (AvgIpc) is 2.36. The van der Waals surface area contributed by atoms with Gasteiger partial charge in [-0.15, -0.1) is 0 Å². The molecule has 1 fully saturated rings. The molecule has 0 amide bonds. The molecule has 0 aliphatic carbocycles. The molecule has 0 bridgehead atoms. The number of hydrogen-bond donors (Lipinski definition) is 1. The number of anilines is 1. The molecule has 1 atom stereocenters. The third kappa shape index (κ3) is 3.18. The van der Waals surface area contributed by atoms with Crippen LogP contribution in [-0.2, 0) is 0 Å². The van der Waals surface area contributed by atoms with E-state index in [-0.39, 0.29) is 11.4 Å². The Kier molecular flexibility index (Phi) is 3.99. The van der Waals surface area contributed by atoms with Crippen molar-refractivity contribution >= 4 is 5.69 Å². The largest absolute Gasteiger partial charge is 0.495 e. The molecule has 1 heterocycles. The Hall–Kier alpha value is -1.29. The maximum Gasteiger partial charge on any atom is 0.142 e. The minimum absolute atomic E-state index is 0.123. The number of nitrogens with one attached hydrogen (secondary N) is 1. The van der Waals surface area contributed by atoms with E-state index in [0.29, 0.717) is 6.04 Å². The van der Waals surface area contributed by atoms with E-state index in [9.17, 15) is 4.39 Å². The fraction of sp³-hybridized carbons (Fsp3) is 0.600. The molecule has 3 nitrogen and oxygen atoms in total. The molecule has 1 N–H and O–H groups in total. The minimum atomic E-state index is -0.226. The van der Waals surface area contributed by atoms with Crippen molar-refractivity contribution in [1.29, 1.82) is 0 Å². The molecule has 1 aliphatic heterocycles. The molecule has 1 aromatic rings. The van der Waals surface area contributed by atoms with Crippen molar-refractivity contribution in [3.63, 3.8) is 0 Å². The van der Waals surface area contributed by atoms with Crippen LogP contribution in [0.4, 0.5) is 10.1 Å². The number of hydrogen-bond acceptors (Lipinski definition) is 3. The van der Waals surface area contributed by atoms with Gasteiger partial charge in [0.15, 0.2) is 0 Å². The summed E-state index contributed by atoms with van der Waals surface area (Å²) in [6.07, 6.45) is 2.09. The monoisotopic (exact) mass is 266 g/mol. The smallest absolute Gasteiger partial charge is 0.142 e. The van der Waals surface area contributed by atoms with Crippen LogP contribution in [0.25, 0.3) is 0 Å². The highest BCUT2D eigenvalue weighted by Gasteiger charge is 2.30. The van der Waals surface area contributed by atoms with Gasteiger partial charge in [0.1, 0.15) is 11.6 Å². The zero-order chi connectivity index (χ0) is 14.0. The molecule has 2 rings (SSSR count). The summed E-state index contributed by atoms with van der Waals surface area (Å²) in [4.78, 5) is 2.14. The lowest BCUT2D eigenvalue weighted by Gasteiger charge is -2.41. The normalized spacial score (nSPS) is 22.1. The van der Waals surface area contributed by atoms with Crippen molar-refractivity contribution in [1.82, 2.24) is 5.32 Å². The third-order valence-corrected chi connectivity index (χ3v) is 3.90. The Labute approximate surface area is 114 Å². The average molecular weight is 266 g/mol. The molecular formula is C15H23FN2O. The zero-order valence-corrected chi connectivity index (χ0v) is 12.2. The van der Waals surface area contributed by atoms with Crippen LogP contribution in [0.3, 0.4) is 0 Å². The maximum atomic E-state index is 13.5. The highest BCUT2D eigenvalue weighted by atomic mass is 19.1. The second-order valence-corrected chi connectivity index (χ2v) is 5.88. The van der Waals surface area contributed by atoms with Gasteiger partial charge in [-0.05, 0) is 45.4 Å². The number of nitrogens with zero attached hydrogens (tertiary/aromatic N) is 1. The van der Waals surface area contributed by atoms with E-state index in [1.165, 1.54) is 6.07 Å². The first-order chi connectivity index (χ1) is 8.93. The maximum absolute atomic E-state index is 13.5. The molecular weight excluding hydrogens is 243 g/mol. The number of methoxy groups -OCH3 is 1. The molecule has 1 saturated heterocycles. The fourth-order valence-electron chi connectivity index (χ4n) is 2.81. The Bertz CT molecular complexity index is 448. The van der Waals surface area contributed by atoms with Crippen molar-refractivity contribution in [3.05, 3.63) is 24.0 Å². The Balaban J connectivity index is 2.23. The van der Waals surface area contributed by atoms with Crippen LogP contribution in [0.1, 0.15) is 26.7 Å². The van der Waals surface area contributed by atoms with Gasteiger partial charge in [-0.25, -0.2) is 4.39 Å². The Morgan fingerprint density at radius 2 is 2.16 bits per heavy atom. The fourth-order valence-corrected chi connectivity index (χ4v) is 2.81. The van der Waals surface area contributed by atoms with Gasteiger partial charge < -0.3 is 15.0 Å². The van der Waals surface area contributed by atoms with Crippen LogP contribution in [0.15, 0.2) is 18.2 Å². The van der Waals surface area contributed by atoms with Crippen molar-refractivity contribution < 1.29 is 9.13 Å². The van der Waals surface area contributed by atoms with Gasteiger partial charge in [0.25, 0.3) is 0 Å². The zero-order valence-electron chi connectivity index (χ0n) is 12.2. The predicted octanol–water partition coefficient (Wildman–Crippen LogP) is 2.80. The van der Waals surface area contributed by atoms with Gasteiger partial charge in [-0.1, -0.05) is 0 Å².